The Morgan fingerprint density at radius 3 is 2.92 bits per heavy atom. The van der Waals surface area contributed by atoms with Crippen LogP contribution in [0.4, 0.5) is 5.69 Å². The van der Waals surface area contributed by atoms with Gasteiger partial charge in [0.1, 0.15) is 0 Å². The van der Waals surface area contributed by atoms with E-state index in [1.807, 2.05) is 43.3 Å². The van der Waals surface area contributed by atoms with E-state index in [1.165, 1.54) is 25.7 Å². The lowest BCUT2D eigenvalue weighted by Crippen LogP contribution is -2.15. The molecule has 7 heteroatoms. The molecule has 0 atom stereocenters. The van der Waals surface area contributed by atoms with Crippen molar-refractivity contribution < 1.29 is 4.79 Å². The van der Waals surface area contributed by atoms with Gasteiger partial charge in [-0.25, -0.2) is 0 Å². The van der Waals surface area contributed by atoms with E-state index < -0.39 is 0 Å². The molecular weight excluding hydrogens is 346 g/mol. The summed E-state index contributed by atoms with van der Waals surface area (Å²) in [5.41, 5.74) is 3.28. The van der Waals surface area contributed by atoms with E-state index in [0.29, 0.717) is 11.0 Å². The van der Waals surface area contributed by atoms with Gasteiger partial charge in [0.15, 0.2) is 11.5 Å². The third-order valence-corrected chi connectivity index (χ3v) is 5.98. The predicted octanol–water partition coefficient (Wildman–Crippen LogP) is 3.71. The normalized spacial score (nSPS) is 14.8. The Hall–Kier alpha value is -2.41. The van der Waals surface area contributed by atoms with Crippen molar-refractivity contribution in [3.63, 3.8) is 0 Å². The minimum Gasteiger partial charge on any atom is -0.325 e. The highest BCUT2D eigenvalue weighted by atomic mass is 32.2. The summed E-state index contributed by atoms with van der Waals surface area (Å²) in [4.78, 5) is 12.2. The van der Waals surface area contributed by atoms with Crippen LogP contribution in [-0.2, 0) is 4.79 Å². The van der Waals surface area contributed by atoms with Gasteiger partial charge in [-0.1, -0.05) is 25.0 Å². The smallest absolute Gasteiger partial charge is 0.234 e. The van der Waals surface area contributed by atoms with Gasteiger partial charge in [0.25, 0.3) is 0 Å². The summed E-state index contributed by atoms with van der Waals surface area (Å²) in [6, 6.07) is 11.6. The van der Waals surface area contributed by atoms with E-state index >= 15 is 0 Å². The Kier molecular flexibility index (Phi) is 4.88. The van der Waals surface area contributed by atoms with Crippen LogP contribution < -0.4 is 5.32 Å². The average Bonchev–Trinajstić information content (AvgIpc) is 3.30. The molecule has 0 unspecified atom stereocenters. The molecule has 3 aromatic rings. The second-order valence-corrected chi connectivity index (χ2v) is 7.87. The molecule has 0 aliphatic heterocycles. The van der Waals surface area contributed by atoms with E-state index in [2.05, 4.69) is 20.6 Å². The van der Waals surface area contributed by atoms with Crippen molar-refractivity contribution in [1.82, 2.24) is 19.8 Å². The number of thioether (sulfide) groups is 1. The lowest BCUT2D eigenvalue weighted by molar-refractivity contribution is -0.113. The number of aromatic nitrogens is 4. The molecular formula is C19H21N5OS. The molecule has 1 saturated carbocycles. The Morgan fingerprint density at radius 2 is 2.08 bits per heavy atom. The number of nitrogens with one attached hydrogen (secondary N) is 1. The Labute approximate surface area is 156 Å². The van der Waals surface area contributed by atoms with Gasteiger partial charge in [-0.05, 0) is 44.0 Å². The minimum absolute atomic E-state index is 0.0529. The number of benzene rings is 1. The van der Waals surface area contributed by atoms with Crippen molar-refractivity contribution >= 4 is 29.0 Å². The number of hydrogen-bond donors (Lipinski definition) is 1. The SMILES string of the molecule is Cc1nnc2ccc(-c3cccc(NC(=O)CSC4CCCC4)c3)nn12. The second kappa shape index (κ2) is 7.45. The van der Waals surface area contributed by atoms with Gasteiger partial charge in [-0.15, -0.1) is 22.0 Å². The molecule has 1 aliphatic carbocycles. The van der Waals surface area contributed by atoms with E-state index in [-0.39, 0.29) is 5.91 Å². The molecule has 1 aliphatic rings. The predicted molar refractivity (Wildman–Crippen MR) is 104 cm³/mol. The van der Waals surface area contributed by atoms with Crippen LogP contribution in [-0.4, -0.2) is 36.7 Å². The summed E-state index contributed by atoms with van der Waals surface area (Å²) in [6.07, 6.45) is 5.07. The molecule has 1 fully saturated rings. The summed E-state index contributed by atoms with van der Waals surface area (Å²) in [5.74, 6) is 1.31. The molecule has 134 valence electrons. The first-order valence-electron chi connectivity index (χ1n) is 8.90. The summed E-state index contributed by atoms with van der Waals surface area (Å²) in [6.45, 7) is 1.87. The monoisotopic (exact) mass is 367 g/mol. The van der Waals surface area contributed by atoms with Crippen molar-refractivity contribution in [2.24, 2.45) is 0 Å². The van der Waals surface area contributed by atoms with Gasteiger partial charge in [0.05, 0.1) is 11.4 Å². The largest absolute Gasteiger partial charge is 0.325 e. The fourth-order valence-electron chi connectivity index (χ4n) is 3.25. The fourth-order valence-corrected chi connectivity index (χ4v) is 4.38. The molecule has 0 spiro atoms. The first kappa shape index (κ1) is 17.0. The summed E-state index contributed by atoms with van der Waals surface area (Å²) in [7, 11) is 0. The van der Waals surface area contributed by atoms with Crippen molar-refractivity contribution in [3.05, 3.63) is 42.2 Å². The maximum Gasteiger partial charge on any atom is 0.234 e. The number of fused-ring (bicyclic) bond motifs is 1. The number of amides is 1. The lowest BCUT2D eigenvalue weighted by Gasteiger charge is -2.10. The van der Waals surface area contributed by atoms with E-state index in [0.717, 1.165) is 28.4 Å². The molecule has 1 amide bonds. The van der Waals surface area contributed by atoms with Gasteiger partial charge in [-0.2, -0.15) is 9.61 Å². The molecule has 2 heterocycles. The average molecular weight is 367 g/mol. The highest BCUT2D eigenvalue weighted by molar-refractivity contribution is 8.00. The van der Waals surface area contributed by atoms with Gasteiger partial charge in [-0.3, -0.25) is 4.79 Å². The van der Waals surface area contributed by atoms with Crippen LogP contribution in [0, 0.1) is 6.92 Å². The third-order valence-electron chi connectivity index (χ3n) is 4.61. The topological polar surface area (TPSA) is 72.2 Å². The minimum atomic E-state index is 0.0529. The Morgan fingerprint density at radius 1 is 1.23 bits per heavy atom. The first-order chi connectivity index (χ1) is 12.7. The summed E-state index contributed by atoms with van der Waals surface area (Å²) in [5, 5.41) is 16.3. The molecule has 26 heavy (non-hydrogen) atoms. The number of carbonyl (C=O) groups excluding carboxylic acids is 1. The quantitative estimate of drug-likeness (QED) is 0.744. The number of aryl methyl sites for hydroxylation is 1. The van der Waals surface area contributed by atoms with Crippen LogP contribution in [0.5, 0.6) is 0 Å². The van der Waals surface area contributed by atoms with Crippen LogP contribution in [0.1, 0.15) is 31.5 Å². The second-order valence-electron chi connectivity index (χ2n) is 6.58. The lowest BCUT2D eigenvalue weighted by atomic mass is 10.1. The van der Waals surface area contributed by atoms with Gasteiger partial charge >= 0.3 is 0 Å². The van der Waals surface area contributed by atoms with Gasteiger partial charge in [0, 0.05) is 16.5 Å². The molecule has 1 aromatic carbocycles. The number of carbonyl (C=O) groups is 1. The van der Waals surface area contributed by atoms with Crippen LogP contribution in [0.25, 0.3) is 16.9 Å². The number of anilines is 1. The molecule has 4 rings (SSSR count). The van der Waals surface area contributed by atoms with Crippen molar-refractivity contribution in [1.29, 1.82) is 0 Å². The molecule has 0 bridgehead atoms. The maximum atomic E-state index is 12.2. The van der Waals surface area contributed by atoms with E-state index in [1.54, 1.807) is 16.3 Å². The highest BCUT2D eigenvalue weighted by Gasteiger charge is 2.16. The van der Waals surface area contributed by atoms with Crippen molar-refractivity contribution in [2.45, 2.75) is 37.9 Å². The molecule has 6 nitrogen and oxygen atoms in total. The molecule has 2 aromatic heterocycles. The summed E-state index contributed by atoms with van der Waals surface area (Å²) < 4.78 is 1.72. The molecule has 0 saturated heterocycles. The van der Waals surface area contributed by atoms with Crippen LogP contribution in [0.2, 0.25) is 0 Å². The fraction of sp³-hybridized carbons (Fsp3) is 0.368. The number of hydrogen-bond acceptors (Lipinski definition) is 5. The molecule has 0 radical (unpaired) electrons. The van der Waals surface area contributed by atoms with Crippen LogP contribution >= 0.6 is 11.8 Å². The van der Waals surface area contributed by atoms with Crippen LogP contribution in [0.3, 0.4) is 0 Å². The van der Waals surface area contributed by atoms with Gasteiger partial charge in [0.2, 0.25) is 5.91 Å². The number of nitrogens with zero attached hydrogens (tertiary/aromatic N) is 4. The van der Waals surface area contributed by atoms with Gasteiger partial charge < -0.3 is 5.32 Å². The zero-order valence-corrected chi connectivity index (χ0v) is 15.5. The number of rotatable bonds is 5. The zero-order chi connectivity index (χ0) is 17.9. The third kappa shape index (κ3) is 3.72. The van der Waals surface area contributed by atoms with Crippen molar-refractivity contribution in [3.8, 4) is 11.3 Å². The Balaban J connectivity index is 1.46. The van der Waals surface area contributed by atoms with Crippen LogP contribution in [0.15, 0.2) is 36.4 Å². The maximum absolute atomic E-state index is 12.2. The first-order valence-corrected chi connectivity index (χ1v) is 9.95. The van der Waals surface area contributed by atoms with Crippen molar-refractivity contribution in [2.75, 3.05) is 11.1 Å². The Bertz CT molecular complexity index is 933. The highest BCUT2D eigenvalue weighted by Crippen LogP contribution is 2.29. The molecule has 1 N–H and O–H groups in total. The standard InChI is InChI=1S/C19H21N5OS/c1-13-21-22-18-10-9-17(23-24(13)18)14-5-4-6-15(11-14)20-19(25)12-26-16-7-2-3-8-16/h4-6,9-11,16H,2-3,7-8,12H2,1H3,(H,20,25). The van der Waals surface area contributed by atoms with E-state index in [9.17, 15) is 4.79 Å². The van der Waals surface area contributed by atoms with E-state index in [4.69, 9.17) is 0 Å². The summed E-state index contributed by atoms with van der Waals surface area (Å²) >= 11 is 1.77. The zero-order valence-electron chi connectivity index (χ0n) is 14.7.